The van der Waals surface area contributed by atoms with Gasteiger partial charge in [-0.2, -0.15) is 0 Å². The first-order valence-corrected chi connectivity index (χ1v) is 5.69. The molecule has 96 valence electrons. The molecule has 0 heterocycles. The lowest BCUT2D eigenvalue weighted by Gasteiger charge is -2.19. The minimum absolute atomic E-state index is 0.167. The van der Waals surface area contributed by atoms with Crippen molar-refractivity contribution in [3.8, 4) is 11.5 Å². The molecule has 4 heteroatoms. The highest BCUT2D eigenvalue weighted by atomic mass is 16.5. The van der Waals surface area contributed by atoms with Crippen molar-refractivity contribution >= 4 is 0 Å². The van der Waals surface area contributed by atoms with Crippen LogP contribution in [0.4, 0.5) is 0 Å². The van der Waals surface area contributed by atoms with E-state index in [2.05, 4.69) is 13.8 Å². The molecule has 0 saturated carbocycles. The number of aliphatic hydroxyl groups excluding tert-OH is 1. The van der Waals surface area contributed by atoms with Crippen molar-refractivity contribution in [2.45, 2.75) is 25.9 Å². The van der Waals surface area contributed by atoms with Gasteiger partial charge in [0.25, 0.3) is 0 Å². The summed E-state index contributed by atoms with van der Waals surface area (Å²) in [5.74, 6) is 1.67. The lowest BCUT2D eigenvalue weighted by molar-refractivity contribution is 0.181. The Kier molecular flexibility index (Phi) is 4.78. The summed E-state index contributed by atoms with van der Waals surface area (Å²) in [7, 11) is 3.19. The van der Waals surface area contributed by atoms with Gasteiger partial charge in [-0.25, -0.2) is 0 Å². The molecule has 0 aliphatic rings. The monoisotopic (exact) mass is 239 g/mol. The summed E-state index contributed by atoms with van der Waals surface area (Å²) in [5.41, 5.74) is 7.23. The van der Waals surface area contributed by atoms with E-state index in [1.165, 1.54) is 0 Å². The van der Waals surface area contributed by atoms with Gasteiger partial charge in [-0.15, -0.1) is 0 Å². The second kappa shape index (κ2) is 5.89. The average Bonchev–Trinajstić information content (AvgIpc) is 2.35. The molecule has 0 radical (unpaired) electrons. The first-order chi connectivity index (χ1) is 8.04. The van der Waals surface area contributed by atoms with Crippen LogP contribution in [0.1, 0.15) is 37.0 Å². The molecule has 1 rings (SSSR count). The lowest BCUT2D eigenvalue weighted by Crippen LogP contribution is -2.13. The summed E-state index contributed by atoms with van der Waals surface area (Å²) in [4.78, 5) is 0. The van der Waals surface area contributed by atoms with Crippen LogP contribution in [0.15, 0.2) is 12.1 Å². The van der Waals surface area contributed by atoms with Crippen LogP contribution in [0, 0.1) is 0 Å². The van der Waals surface area contributed by atoms with Gasteiger partial charge in [0.1, 0.15) is 11.5 Å². The van der Waals surface area contributed by atoms with E-state index >= 15 is 0 Å². The smallest absolute Gasteiger partial charge is 0.128 e. The van der Waals surface area contributed by atoms with E-state index in [0.717, 1.165) is 11.3 Å². The molecular weight excluding hydrogens is 218 g/mol. The van der Waals surface area contributed by atoms with Crippen molar-refractivity contribution in [3.05, 3.63) is 23.3 Å². The molecular formula is C13H21NO3. The second-order valence-electron chi connectivity index (χ2n) is 4.24. The molecule has 1 aromatic carbocycles. The van der Waals surface area contributed by atoms with Crippen molar-refractivity contribution in [1.29, 1.82) is 0 Å². The van der Waals surface area contributed by atoms with Crippen molar-refractivity contribution in [2.24, 2.45) is 5.73 Å². The molecule has 0 aromatic heterocycles. The SMILES string of the molecule is COc1cc(OC)c(C(O)CN)cc1C(C)C. The molecule has 3 N–H and O–H groups in total. The predicted molar refractivity (Wildman–Crippen MR) is 67.6 cm³/mol. The molecule has 0 amide bonds. The fourth-order valence-electron chi connectivity index (χ4n) is 1.79. The van der Waals surface area contributed by atoms with Crippen molar-refractivity contribution in [2.75, 3.05) is 20.8 Å². The highest BCUT2D eigenvalue weighted by molar-refractivity contribution is 5.48. The predicted octanol–water partition coefficient (Wildman–Crippen LogP) is 1.82. The third-order valence-electron chi connectivity index (χ3n) is 2.79. The molecule has 1 aromatic rings. The number of benzene rings is 1. The van der Waals surface area contributed by atoms with Crippen LogP contribution in [0.2, 0.25) is 0 Å². The minimum atomic E-state index is -0.714. The normalized spacial score (nSPS) is 12.6. The molecule has 0 aliphatic heterocycles. The molecule has 0 spiro atoms. The molecule has 1 unspecified atom stereocenters. The Morgan fingerprint density at radius 1 is 1.12 bits per heavy atom. The van der Waals surface area contributed by atoms with Crippen LogP contribution < -0.4 is 15.2 Å². The Morgan fingerprint density at radius 2 is 1.65 bits per heavy atom. The Labute approximate surface area is 102 Å². The molecule has 4 nitrogen and oxygen atoms in total. The number of rotatable bonds is 5. The van der Waals surface area contributed by atoms with Crippen LogP contribution in [0.3, 0.4) is 0 Å². The zero-order valence-corrected chi connectivity index (χ0v) is 10.9. The van der Waals surface area contributed by atoms with Crippen LogP contribution in [0.5, 0.6) is 11.5 Å². The number of hydrogen-bond donors (Lipinski definition) is 2. The molecule has 0 aliphatic carbocycles. The van der Waals surface area contributed by atoms with Gasteiger partial charge in [0.05, 0.1) is 20.3 Å². The van der Waals surface area contributed by atoms with Crippen molar-refractivity contribution in [3.63, 3.8) is 0 Å². The summed E-state index contributed by atoms with van der Waals surface area (Å²) in [6, 6.07) is 3.70. The van der Waals surface area contributed by atoms with E-state index < -0.39 is 6.10 Å². The maximum atomic E-state index is 9.87. The number of hydrogen-bond acceptors (Lipinski definition) is 4. The topological polar surface area (TPSA) is 64.7 Å². The number of aliphatic hydroxyl groups is 1. The van der Waals surface area contributed by atoms with Crippen LogP contribution in [-0.2, 0) is 0 Å². The average molecular weight is 239 g/mol. The van der Waals surface area contributed by atoms with Gasteiger partial charge < -0.3 is 20.3 Å². The number of methoxy groups -OCH3 is 2. The molecule has 0 fully saturated rings. The number of nitrogens with two attached hydrogens (primary N) is 1. The van der Waals surface area contributed by atoms with E-state index in [1.54, 1.807) is 20.3 Å². The second-order valence-corrected chi connectivity index (χ2v) is 4.24. The Bertz CT molecular complexity index is 377. The largest absolute Gasteiger partial charge is 0.496 e. The highest BCUT2D eigenvalue weighted by Crippen LogP contribution is 2.36. The Balaban J connectivity index is 3.33. The van der Waals surface area contributed by atoms with Gasteiger partial charge in [-0.1, -0.05) is 13.8 Å². The van der Waals surface area contributed by atoms with Gasteiger partial charge in [0, 0.05) is 18.2 Å². The van der Waals surface area contributed by atoms with Gasteiger partial charge in [-0.3, -0.25) is 0 Å². The van der Waals surface area contributed by atoms with Crippen LogP contribution in [0.25, 0.3) is 0 Å². The summed E-state index contributed by atoms with van der Waals surface area (Å²) in [6.07, 6.45) is -0.714. The zero-order chi connectivity index (χ0) is 13.0. The highest BCUT2D eigenvalue weighted by Gasteiger charge is 2.17. The van der Waals surface area contributed by atoms with Gasteiger partial charge in [0.15, 0.2) is 0 Å². The van der Waals surface area contributed by atoms with Gasteiger partial charge in [-0.05, 0) is 17.5 Å². The van der Waals surface area contributed by atoms with Gasteiger partial charge in [0.2, 0.25) is 0 Å². The fraction of sp³-hybridized carbons (Fsp3) is 0.538. The van der Waals surface area contributed by atoms with Crippen molar-refractivity contribution < 1.29 is 14.6 Å². The van der Waals surface area contributed by atoms with Crippen LogP contribution >= 0.6 is 0 Å². The minimum Gasteiger partial charge on any atom is -0.496 e. The zero-order valence-electron chi connectivity index (χ0n) is 10.9. The molecule has 0 bridgehead atoms. The summed E-state index contributed by atoms with van der Waals surface area (Å²) < 4.78 is 10.6. The molecule has 1 atom stereocenters. The van der Waals surface area contributed by atoms with Crippen LogP contribution in [-0.4, -0.2) is 25.9 Å². The van der Waals surface area contributed by atoms with E-state index in [4.69, 9.17) is 15.2 Å². The van der Waals surface area contributed by atoms with Gasteiger partial charge >= 0.3 is 0 Å². The summed E-state index contributed by atoms with van der Waals surface area (Å²) in [6.45, 7) is 4.31. The summed E-state index contributed by atoms with van der Waals surface area (Å²) in [5, 5.41) is 9.87. The third-order valence-corrected chi connectivity index (χ3v) is 2.79. The van der Waals surface area contributed by atoms with Crippen molar-refractivity contribution in [1.82, 2.24) is 0 Å². The maximum absolute atomic E-state index is 9.87. The fourth-order valence-corrected chi connectivity index (χ4v) is 1.79. The summed E-state index contributed by atoms with van der Waals surface area (Å²) >= 11 is 0. The molecule has 17 heavy (non-hydrogen) atoms. The molecule has 0 saturated heterocycles. The third kappa shape index (κ3) is 2.90. The first kappa shape index (κ1) is 13.8. The lowest BCUT2D eigenvalue weighted by atomic mass is 9.96. The standard InChI is InChI=1S/C13H21NO3/c1-8(2)9-5-10(11(15)7-14)13(17-4)6-12(9)16-3/h5-6,8,11,15H,7,14H2,1-4H3. The number of ether oxygens (including phenoxy) is 2. The quantitative estimate of drug-likeness (QED) is 0.822. The van der Waals surface area contributed by atoms with E-state index in [0.29, 0.717) is 17.2 Å². The van der Waals surface area contributed by atoms with E-state index in [9.17, 15) is 5.11 Å². The first-order valence-electron chi connectivity index (χ1n) is 5.69. The Morgan fingerprint density at radius 3 is 2.06 bits per heavy atom. The Hall–Kier alpha value is -1.26. The van der Waals surface area contributed by atoms with E-state index in [1.807, 2.05) is 6.07 Å². The van der Waals surface area contributed by atoms with E-state index in [-0.39, 0.29) is 6.54 Å². The maximum Gasteiger partial charge on any atom is 0.128 e.